The molecule has 1 aromatic heterocycles. The van der Waals surface area contributed by atoms with Crippen molar-refractivity contribution in [2.75, 3.05) is 21.3 Å². The quantitative estimate of drug-likeness (QED) is 0.676. The van der Waals surface area contributed by atoms with Crippen molar-refractivity contribution in [3.05, 3.63) is 65.5 Å². The van der Waals surface area contributed by atoms with E-state index in [1.807, 2.05) is 47.1 Å². The molecular weight excluding hydrogens is 356 g/mol. The SMILES string of the molecule is COc1ccc(-n2ncc3c2C[C@H](c2ccc(OC)cc2OC)CC3=O)cc1. The number of methoxy groups -OCH3 is 3. The van der Waals surface area contributed by atoms with Gasteiger partial charge in [-0.05, 0) is 42.3 Å². The Morgan fingerprint density at radius 3 is 2.32 bits per heavy atom. The topological polar surface area (TPSA) is 62.6 Å². The third kappa shape index (κ3) is 3.11. The fourth-order valence-corrected chi connectivity index (χ4v) is 3.76. The van der Waals surface area contributed by atoms with Crippen molar-refractivity contribution in [1.29, 1.82) is 0 Å². The number of rotatable bonds is 5. The average molecular weight is 378 g/mol. The molecule has 0 saturated carbocycles. The highest BCUT2D eigenvalue weighted by Gasteiger charge is 2.31. The molecule has 28 heavy (non-hydrogen) atoms. The first kappa shape index (κ1) is 18.1. The van der Waals surface area contributed by atoms with E-state index in [0.717, 1.165) is 34.2 Å². The van der Waals surface area contributed by atoms with E-state index in [-0.39, 0.29) is 11.7 Å². The van der Waals surface area contributed by atoms with Crippen LogP contribution in [0.5, 0.6) is 17.2 Å². The van der Waals surface area contributed by atoms with Gasteiger partial charge in [-0.25, -0.2) is 4.68 Å². The summed E-state index contributed by atoms with van der Waals surface area (Å²) in [4.78, 5) is 12.8. The van der Waals surface area contributed by atoms with E-state index >= 15 is 0 Å². The van der Waals surface area contributed by atoms with E-state index in [9.17, 15) is 4.79 Å². The van der Waals surface area contributed by atoms with E-state index in [1.165, 1.54) is 0 Å². The van der Waals surface area contributed by atoms with Crippen LogP contribution in [0.3, 0.4) is 0 Å². The van der Waals surface area contributed by atoms with Gasteiger partial charge in [0.1, 0.15) is 17.2 Å². The number of benzene rings is 2. The summed E-state index contributed by atoms with van der Waals surface area (Å²) in [6.07, 6.45) is 2.81. The number of hydrogen-bond acceptors (Lipinski definition) is 5. The molecule has 0 radical (unpaired) electrons. The number of nitrogens with zero attached hydrogens (tertiary/aromatic N) is 2. The second-order valence-corrected chi connectivity index (χ2v) is 6.75. The van der Waals surface area contributed by atoms with Crippen molar-refractivity contribution in [2.45, 2.75) is 18.8 Å². The summed E-state index contributed by atoms with van der Waals surface area (Å²) in [6.45, 7) is 0. The van der Waals surface area contributed by atoms with E-state index in [4.69, 9.17) is 14.2 Å². The summed E-state index contributed by atoms with van der Waals surface area (Å²) in [5.41, 5.74) is 3.52. The van der Waals surface area contributed by atoms with Crippen molar-refractivity contribution in [2.24, 2.45) is 0 Å². The summed E-state index contributed by atoms with van der Waals surface area (Å²) >= 11 is 0. The molecule has 0 saturated heterocycles. The summed E-state index contributed by atoms with van der Waals surface area (Å²) in [5, 5.41) is 4.48. The first-order valence-corrected chi connectivity index (χ1v) is 9.11. The molecule has 0 spiro atoms. The maximum Gasteiger partial charge on any atom is 0.166 e. The Morgan fingerprint density at radius 2 is 1.64 bits per heavy atom. The van der Waals surface area contributed by atoms with Crippen LogP contribution in [0, 0.1) is 0 Å². The molecule has 1 aliphatic carbocycles. The summed E-state index contributed by atoms with van der Waals surface area (Å²) in [7, 11) is 4.89. The Labute approximate surface area is 163 Å². The Morgan fingerprint density at radius 1 is 0.929 bits per heavy atom. The molecule has 0 amide bonds. The molecule has 144 valence electrons. The van der Waals surface area contributed by atoms with E-state index in [0.29, 0.717) is 18.4 Å². The van der Waals surface area contributed by atoms with Gasteiger partial charge < -0.3 is 14.2 Å². The Balaban J connectivity index is 1.71. The minimum atomic E-state index is 0.0227. The number of carbonyl (C=O) groups excluding carboxylic acids is 1. The maximum atomic E-state index is 12.8. The first-order chi connectivity index (χ1) is 13.6. The summed E-state index contributed by atoms with van der Waals surface area (Å²) in [5.74, 6) is 2.36. The van der Waals surface area contributed by atoms with Crippen LogP contribution in [0.1, 0.15) is 34.0 Å². The van der Waals surface area contributed by atoms with Gasteiger partial charge in [-0.3, -0.25) is 4.79 Å². The van der Waals surface area contributed by atoms with E-state index < -0.39 is 0 Å². The highest BCUT2D eigenvalue weighted by atomic mass is 16.5. The van der Waals surface area contributed by atoms with Gasteiger partial charge in [0.05, 0.1) is 44.5 Å². The predicted molar refractivity (Wildman–Crippen MR) is 105 cm³/mol. The van der Waals surface area contributed by atoms with Gasteiger partial charge in [-0.15, -0.1) is 0 Å². The van der Waals surface area contributed by atoms with E-state index in [1.54, 1.807) is 27.5 Å². The molecule has 1 heterocycles. The number of carbonyl (C=O) groups is 1. The standard InChI is InChI=1S/C22H22N2O4/c1-26-16-6-4-15(5-7-16)24-20-10-14(11-21(25)19(20)13-23-24)18-9-8-17(27-2)12-22(18)28-3/h4-9,12-14H,10-11H2,1-3H3/t14-/m0/s1. The largest absolute Gasteiger partial charge is 0.497 e. The lowest BCUT2D eigenvalue weighted by atomic mass is 9.82. The number of aromatic nitrogens is 2. The van der Waals surface area contributed by atoms with Crippen molar-refractivity contribution < 1.29 is 19.0 Å². The van der Waals surface area contributed by atoms with Crippen molar-refractivity contribution in [3.8, 4) is 22.9 Å². The van der Waals surface area contributed by atoms with Crippen LogP contribution in [0.25, 0.3) is 5.69 Å². The van der Waals surface area contributed by atoms with Crippen molar-refractivity contribution in [3.63, 3.8) is 0 Å². The fraction of sp³-hybridized carbons (Fsp3) is 0.273. The molecule has 3 aromatic rings. The third-order valence-electron chi connectivity index (χ3n) is 5.24. The molecule has 6 heteroatoms. The average Bonchev–Trinajstić information content (AvgIpc) is 3.17. The molecule has 2 aromatic carbocycles. The molecule has 6 nitrogen and oxygen atoms in total. The lowest BCUT2D eigenvalue weighted by molar-refractivity contribution is 0.0963. The molecule has 0 unspecified atom stereocenters. The molecular formula is C22H22N2O4. The van der Waals surface area contributed by atoms with Gasteiger partial charge in [0.15, 0.2) is 5.78 Å². The smallest absolute Gasteiger partial charge is 0.166 e. The molecule has 0 bridgehead atoms. The van der Waals surface area contributed by atoms with Gasteiger partial charge in [-0.1, -0.05) is 6.07 Å². The Bertz CT molecular complexity index is 1010. The van der Waals surface area contributed by atoms with Gasteiger partial charge >= 0.3 is 0 Å². The molecule has 0 fully saturated rings. The number of hydrogen-bond donors (Lipinski definition) is 0. The van der Waals surface area contributed by atoms with Gasteiger partial charge in [0, 0.05) is 18.4 Å². The highest BCUT2D eigenvalue weighted by Crippen LogP contribution is 2.39. The number of fused-ring (bicyclic) bond motifs is 1. The molecule has 1 atom stereocenters. The zero-order chi connectivity index (χ0) is 19.7. The first-order valence-electron chi connectivity index (χ1n) is 9.11. The van der Waals surface area contributed by atoms with Gasteiger partial charge in [-0.2, -0.15) is 5.10 Å². The zero-order valence-electron chi connectivity index (χ0n) is 16.1. The number of Topliss-reactive ketones (excluding diaryl/α,β-unsaturated/α-hetero) is 1. The Hall–Kier alpha value is -3.28. The van der Waals surface area contributed by atoms with Gasteiger partial charge in [0.2, 0.25) is 0 Å². The zero-order valence-corrected chi connectivity index (χ0v) is 16.1. The Kier molecular flexibility index (Phi) is 4.77. The summed E-state index contributed by atoms with van der Waals surface area (Å²) in [6, 6.07) is 13.4. The molecule has 1 aliphatic rings. The minimum absolute atomic E-state index is 0.0227. The number of ketones is 1. The second kappa shape index (κ2) is 7.38. The third-order valence-corrected chi connectivity index (χ3v) is 5.24. The van der Waals surface area contributed by atoms with Gasteiger partial charge in [0.25, 0.3) is 0 Å². The molecule has 4 rings (SSSR count). The van der Waals surface area contributed by atoms with E-state index in [2.05, 4.69) is 5.10 Å². The monoisotopic (exact) mass is 378 g/mol. The summed E-state index contributed by atoms with van der Waals surface area (Å²) < 4.78 is 17.9. The van der Waals surface area contributed by atoms with Crippen LogP contribution in [-0.2, 0) is 6.42 Å². The van der Waals surface area contributed by atoms with Crippen molar-refractivity contribution in [1.82, 2.24) is 9.78 Å². The normalized spacial score (nSPS) is 15.8. The lowest BCUT2D eigenvalue weighted by Gasteiger charge is -2.24. The van der Waals surface area contributed by atoms with Crippen LogP contribution < -0.4 is 14.2 Å². The van der Waals surface area contributed by atoms with Crippen LogP contribution in [0.4, 0.5) is 0 Å². The van der Waals surface area contributed by atoms with Crippen molar-refractivity contribution >= 4 is 5.78 Å². The van der Waals surface area contributed by atoms with Crippen LogP contribution >= 0.6 is 0 Å². The molecule has 0 aliphatic heterocycles. The minimum Gasteiger partial charge on any atom is -0.497 e. The highest BCUT2D eigenvalue weighted by molar-refractivity contribution is 5.98. The maximum absolute atomic E-state index is 12.8. The van der Waals surface area contributed by atoms with Crippen LogP contribution in [-0.4, -0.2) is 36.9 Å². The second-order valence-electron chi connectivity index (χ2n) is 6.75. The number of ether oxygens (including phenoxy) is 3. The fourth-order valence-electron chi connectivity index (χ4n) is 3.76. The lowest BCUT2D eigenvalue weighted by Crippen LogP contribution is -2.20. The van der Waals surface area contributed by atoms with Crippen LogP contribution in [0.15, 0.2) is 48.7 Å². The van der Waals surface area contributed by atoms with Crippen LogP contribution in [0.2, 0.25) is 0 Å². The predicted octanol–water partition coefficient (Wildman–Crippen LogP) is 3.81. The molecule has 0 N–H and O–H groups in total.